The first-order valence-corrected chi connectivity index (χ1v) is 12.1. The van der Waals surface area contributed by atoms with Crippen molar-refractivity contribution in [3.8, 4) is 0 Å². The van der Waals surface area contributed by atoms with Crippen molar-refractivity contribution in [2.75, 3.05) is 30.3 Å². The van der Waals surface area contributed by atoms with E-state index < -0.39 is 0 Å². The summed E-state index contributed by atoms with van der Waals surface area (Å²) in [4.78, 5) is 37.8. The largest absolute Gasteiger partial charge is 0.353 e. The topological polar surface area (TPSA) is 78.4 Å². The summed E-state index contributed by atoms with van der Waals surface area (Å²) in [6, 6.07) is 8.62. The molecule has 0 aliphatic carbocycles. The van der Waals surface area contributed by atoms with E-state index in [0.29, 0.717) is 46.3 Å². The monoisotopic (exact) mass is 495 g/mol. The highest BCUT2D eigenvalue weighted by molar-refractivity contribution is 7.99. The van der Waals surface area contributed by atoms with Gasteiger partial charge < -0.3 is 15.1 Å². The summed E-state index contributed by atoms with van der Waals surface area (Å²) in [7, 11) is 0. The molecule has 1 unspecified atom stereocenters. The van der Waals surface area contributed by atoms with Crippen LogP contribution in [0.4, 0.5) is 5.82 Å². The van der Waals surface area contributed by atoms with Crippen LogP contribution in [0.5, 0.6) is 0 Å². The second-order valence-corrected chi connectivity index (χ2v) is 10.5. The first kappa shape index (κ1) is 24.6. The molecule has 172 valence electrons. The molecule has 2 heterocycles. The fourth-order valence-electron chi connectivity index (χ4n) is 3.42. The summed E-state index contributed by atoms with van der Waals surface area (Å²) in [5, 5.41) is 4.29. The number of halogens is 2. The molecule has 0 bridgehead atoms. The first-order chi connectivity index (χ1) is 15.0. The van der Waals surface area contributed by atoms with Gasteiger partial charge in [0.05, 0.1) is 5.75 Å². The van der Waals surface area contributed by atoms with E-state index in [1.54, 1.807) is 30.3 Å². The number of benzene rings is 1. The van der Waals surface area contributed by atoms with E-state index in [0.717, 1.165) is 0 Å². The van der Waals surface area contributed by atoms with Crippen molar-refractivity contribution in [1.29, 1.82) is 0 Å². The fourth-order valence-corrected chi connectivity index (χ4v) is 4.43. The average molecular weight is 496 g/mol. The predicted octanol–water partition coefficient (Wildman–Crippen LogP) is 4.14. The summed E-state index contributed by atoms with van der Waals surface area (Å²) >= 11 is 13.4. The summed E-state index contributed by atoms with van der Waals surface area (Å²) in [5.74, 6) is 0.789. The van der Waals surface area contributed by atoms with Crippen LogP contribution in [0.25, 0.3) is 0 Å². The van der Waals surface area contributed by atoms with Gasteiger partial charge in [0.1, 0.15) is 11.0 Å². The number of thioether (sulfide) groups is 1. The van der Waals surface area contributed by atoms with Crippen molar-refractivity contribution in [2.24, 2.45) is 0 Å². The third kappa shape index (κ3) is 6.73. The van der Waals surface area contributed by atoms with E-state index >= 15 is 0 Å². The lowest BCUT2D eigenvalue weighted by Gasteiger charge is -2.40. The van der Waals surface area contributed by atoms with Gasteiger partial charge in [0.25, 0.3) is 5.91 Å². The smallest absolute Gasteiger partial charge is 0.254 e. The van der Waals surface area contributed by atoms with Crippen molar-refractivity contribution in [1.82, 2.24) is 20.2 Å². The molecule has 2 aromatic rings. The summed E-state index contributed by atoms with van der Waals surface area (Å²) in [5.41, 5.74) is 0.323. The average Bonchev–Trinajstić information content (AvgIpc) is 2.70. The van der Waals surface area contributed by atoms with Gasteiger partial charge >= 0.3 is 0 Å². The molecule has 1 saturated heterocycles. The summed E-state index contributed by atoms with van der Waals surface area (Å²) in [6.07, 6.45) is 0. The lowest BCUT2D eigenvalue weighted by Crippen LogP contribution is -2.54. The maximum atomic E-state index is 12.9. The number of aromatic nitrogens is 2. The molecule has 1 fully saturated rings. The Hall–Kier alpha value is -2.03. The van der Waals surface area contributed by atoms with Gasteiger partial charge in [-0.3, -0.25) is 9.59 Å². The van der Waals surface area contributed by atoms with Crippen LogP contribution in [-0.2, 0) is 4.79 Å². The van der Waals surface area contributed by atoms with Crippen LogP contribution in [0.2, 0.25) is 10.2 Å². The number of hydrogen-bond acceptors (Lipinski definition) is 6. The Labute approximate surface area is 202 Å². The zero-order chi connectivity index (χ0) is 23.5. The SMILES string of the molecule is CC1CN(c2cc(Cl)nc(SCC(=O)NC(C)(C)C)n2)CCN1C(=O)c1ccc(Cl)cc1. The Morgan fingerprint density at radius 1 is 1.16 bits per heavy atom. The number of anilines is 1. The van der Waals surface area contributed by atoms with E-state index in [2.05, 4.69) is 20.2 Å². The van der Waals surface area contributed by atoms with Crippen LogP contribution in [-0.4, -0.2) is 63.7 Å². The van der Waals surface area contributed by atoms with Gasteiger partial charge in [-0.1, -0.05) is 35.0 Å². The molecule has 0 saturated carbocycles. The number of amides is 2. The van der Waals surface area contributed by atoms with E-state index in [1.807, 2.05) is 32.6 Å². The molecule has 32 heavy (non-hydrogen) atoms. The number of nitrogens with one attached hydrogen (secondary N) is 1. The normalized spacial score (nSPS) is 16.8. The number of hydrogen-bond donors (Lipinski definition) is 1. The standard InChI is InChI=1S/C22H27Cl2N5O2S/c1-14-12-28(9-10-29(14)20(31)15-5-7-16(23)8-6-15)18-11-17(24)25-21(26-18)32-13-19(30)27-22(2,3)4/h5-8,11,14H,9-10,12-13H2,1-4H3,(H,27,30). The highest BCUT2D eigenvalue weighted by Crippen LogP contribution is 2.25. The van der Waals surface area contributed by atoms with E-state index in [4.69, 9.17) is 23.2 Å². The van der Waals surface area contributed by atoms with Crippen LogP contribution in [0.1, 0.15) is 38.1 Å². The van der Waals surface area contributed by atoms with Gasteiger partial charge in [0.2, 0.25) is 5.91 Å². The van der Waals surface area contributed by atoms with Crippen LogP contribution < -0.4 is 10.2 Å². The minimum Gasteiger partial charge on any atom is -0.353 e. The van der Waals surface area contributed by atoms with Crippen LogP contribution >= 0.6 is 35.0 Å². The third-order valence-electron chi connectivity index (χ3n) is 4.81. The Morgan fingerprint density at radius 3 is 2.47 bits per heavy atom. The van der Waals surface area contributed by atoms with Crippen LogP contribution in [0, 0.1) is 0 Å². The molecule has 1 aliphatic heterocycles. The van der Waals surface area contributed by atoms with Crippen molar-refractivity contribution >= 4 is 52.6 Å². The number of carbonyl (C=O) groups excluding carboxylic acids is 2. The number of rotatable bonds is 5. The fraction of sp³-hybridized carbons (Fsp3) is 0.455. The maximum absolute atomic E-state index is 12.9. The first-order valence-electron chi connectivity index (χ1n) is 10.3. The Balaban J connectivity index is 1.64. The number of nitrogens with zero attached hydrogens (tertiary/aromatic N) is 4. The highest BCUT2D eigenvalue weighted by atomic mass is 35.5. The molecule has 0 radical (unpaired) electrons. The van der Waals surface area contributed by atoms with Gasteiger partial charge in [-0.05, 0) is 52.0 Å². The van der Waals surface area contributed by atoms with E-state index in [9.17, 15) is 9.59 Å². The Kier molecular flexibility index (Phi) is 7.90. The van der Waals surface area contributed by atoms with Crippen molar-refractivity contribution in [3.63, 3.8) is 0 Å². The highest BCUT2D eigenvalue weighted by Gasteiger charge is 2.29. The number of piperazine rings is 1. The zero-order valence-electron chi connectivity index (χ0n) is 18.6. The van der Waals surface area contributed by atoms with Gasteiger partial charge in [-0.25, -0.2) is 9.97 Å². The molecule has 1 aliphatic rings. The van der Waals surface area contributed by atoms with Crippen molar-refractivity contribution in [3.05, 3.63) is 46.1 Å². The second-order valence-electron chi connectivity index (χ2n) is 8.72. The van der Waals surface area contributed by atoms with Crippen molar-refractivity contribution in [2.45, 2.75) is 44.4 Å². The van der Waals surface area contributed by atoms with Gasteiger partial charge in [-0.2, -0.15) is 0 Å². The third-order valence-corrected chi connectivity index (χ3v) is 6.10. The maximum Gasteiger partial charge on any atom is 0.254 e. The molecule has 1 aromatic heterocycles. The van der Waals surface area contributed by atoms with Crippen LogP contribution in [0.15, 0.2) is 35.5 Å². The van der Waals surface area contributed by atoms with E-state index in [1.165, 1.54) is 11.8 Å². The molecule has 10 heteroatoms. The molecule has 7 nitrogen and oxygen atoms in total. The molecule has 1 atom stereocenters. The number of carbonyl (C=O) groups is 2. The lowest BCUT2D eigenvalue weighted by molar-refractivity contribution is -0.119. The molecule has 1 aromatic carbocycles. The summed E-state index contributed by atoms with van der Waals surface area (Å²) < 4.78 is 0. The zero-order valence-corrected chi connectivity index (χ0v) is 20.9. The molecule has 3 rings (SSSR count). The van der Waals surface area contributed by atoms with Crippen LogP contribution in [0.3, 0.4) is 0 Å². The lowest BCUT2D eigenvalue weighted by atomic mass is 10.1. The van der Waals surface area contributed by atoms with Crippen molar-refractivity contribution < 1.29 is 9.59 Å². The minimum absolute atomic E-state index is 0.0179. The molecular formula is C22H27Cl2N5O2S. The predicted molar refractivity (Wildman–Crippen MR) is 130 cm³/mol. The van der Waals surface area contributed by atoms with Gasteiger partial charge in [0.15, 0.2) is 5.16 Å². The Bertz CT molecular complexity index is 981. The van der Waals surface area contributed by atoms with E-state index in [-0.39, 0.29) is 29.1 Å². The second kappa shape index (κ2) is 10.3. The molecular weight excluding hydrogens is 469 g/mol. The van der Waals surface area contributed by atoms with Gasteiger partial charge in [-0.15, -0.1) is 0 Å². The molecule has 0 spiro atoms. The van der Waals surface area contributed by atoms with Gasteiger partial charge in [0, 0.05) is 47.9 Å². The Morgan fingerprint density at radius 2 is 1.84 bits per heavy atom. The molecule has 1 N–H and O–H groups in total. The quantitative estimate of drug-likeness (QED) is 0.381. The minimum atomic E-state index is -0.294. The summed E-state index contributed by atoms with van der Waals surface area (Å²) in [6.45, 7) is 9.59. The molecule has 2 amide bonds.